The van der Waals surface area contributed by atoms with Crippen molar-refractivity contribution in [3.05, 3.63) is 64.5 Å². The second-order valence-electron chi connectivity index (χ2n) is 7.32. The molecule has 2 aromatic carbocycles. The zero-order valence-electron chi connectivity index (χ0n) is 16.7. The molecular formula is C24H22N2OS3. The minimum Gasteiger partial charge on any atom is -0.313 e. The van der Waals surface area contributed by atoms with Gasteiger partial charge in [0, 0.05) is 20.9 Å². The van der Waals surface area contributed by atoms with Crippen molar-refractivity contribution in [1.82, 2.24) is 4.98 Å². The van der Waals surface area contributed by atoms with Gasteiger partial charge in [-0.1, -0.05) is 25.1 Å². The highest BCUT2D eigenvalue weighted by Gasteiger charge is 2.25. The lowest BCUT2D eigenvalue weighted by atomic mass is 9.95. The van der Waals surface area contributed by atoms with Gasteiger partial charge in [0.25, 0.3) is 5.91 Å². The average Bonchev–Trinajstić information content (AvgIpc) is 3.34. The standard InChI is InChI=1S/C24H22N2OS3/c1-2-28-16-9-7-8-15(14-16)22(27)26-24-21(17-10-3-5-12-19(17)29-24)23-25-18-11-4-6-13-20(18)30-23/h4,6-9,11,13-14H,2-3,5,10,12H2,1H3,(H,26,27). The van der Waals surface area contributed by atoms with Crippen LogP contribution in [0.2, 0.25) is 0 Å². The average molecular weight is 451 g/mol. The number of aryl methyl sites for hydroxylation is 1. The van der Waals surface area contributed by atoms with Crippen molar-refractivity contribution in [2.24, 2.45) is 0 Å². The predicted molar refractivity (Wildman–Crippen MR) is 130 cm³/mol. The van der Waals surface area contributed by atoms with Crippen LogP contribution < -0.4 is 5.32 Å². The second kappa shape index (κ2) is 8.53. The van der Waals surface area contributed by atoms with E-state index in [2.05, 4.69) is 36.5 Å². The van der Waals surface area contributed by atoms with Gasteiger partial charge >= 0.3 is 0 Å². The number of hydrogen-bond acceptors (Lipinski definition) is 5. The molecule has 0 radical (unpaired) electrons. The molecule has 5 rings (SSSR count). The summed E-state index contributed by atoms with van der Waals surface area (Å²) in [5.41, 5.74) is 4.25. The maximum absolute atomic E-state index is 13.1. The molecule has 6 heteroatoms. The molecule has 2 aromatic heterocycles. The number of fused-ring (bicyclic) bond motifs is 2. The summed E-state index contributed by atoms with van der Waals surface area (Å²) in [5, 5.41) is 5.19. The number of anilines is 1. The summed E-state index contributed by atoms with van der Waals surface area (Å²) >= 11 is 5.20. The van der Waals surface area contributed by atoms with Gasteiger partial charge in [-0.25, -0.2) is 4.98 Å². The molecule has 152 valence electrons. The molecule has 0 saturated carbocycles. The van der Waals surface area contributed by atoms with Crippen LogP contribution in [0.4, 0.5) is 5.00 Å². The Morgan fingerprint density at radius 1 is 1.10 bits per heavy atom. The maximum atomic E-state index is 13.1. The van der Waals surface area contributed by atoms with Gasteiger partial charge in [-0.05, 0) is 67.3 Å². The van der Waals surface area contributed by atoms with E-state index in [0.717, 1.165) is 44.6 Å². The zero-order chi connectivity index (χ0) is 20.5. The molecule has 0 fully saturated rings. The molecule has 0 saturated heterocycles. The Balaban J connectivity index is 1.54. The fraction of sp³-hybridized carbons (Fsp3) is 0.250. The largest absolute Gasteiger partial charge is 0.313 e. The maximum Gasteiger partial charge on any atom is 0.256 e. The van der Waals surface area contributed by atoms with E-state index in [1.54, 1.807) is 34.4 Å². The molecule has 3 nitrogen and oxygen atoms in total. The summed E-state index contributed by atoms with van der Waals surface area (Å²) in [7, 11) is 0. The molecule has 0 spiro atoms. The van der Waals surface area contributed by atoms with E-state index in [0.29, 0.717) is 5.56 Å². The third kappa shape index (κ3) is 3.80. The lowest BCUT2D eigenvalue weighted by Gasteiger charge is -2.12. The fourth-order valence-corrected chi connectivity index (χ4v) is 7.04. The first-order valence-electron chi connectivity index (χ1n) is 10.3. The van der Waals surface area contributed by atoms with Crippen LogP contribution in [0.25, 0.3) is 20.8 Å². The van der Waals surface area contributed by atoms with Gasteiger partial charge in [-0.2, -0.15) is 0 Å². The topological polar surface area (TPSA) is 42.0 Å². The molecule has 30 heavy (non-hydrogen) atoms. The molecule has 1 aliphatic carbocycles. The molecular weight excluding hydrogens is 428 g/mol. The van der Waals surface area contributed by atoms with Gasteiger partial charge in [-0.3, -0.25) is 4.79 Å². The Labute approximate surface area is 188 Å². The van der Waals surface area contributed by atoms with Crippen molar-refractivity contribution in [3.63, 3.8) is 0 Å². The van der Waals surface area contributed by atoms with Crippen LogP contribution in [-0.4, -0.2) is 16.6 Å². The highest BCUT2D eigenvalue weighted by atomic mass is 32.2. The number of nitrogens with one attached hydrogen (secondary N) is 1. The van der Waals surface area contributed by atoms with E-state index in [4.69, 9.17) is 4.98 Å². The van der Waals surface area contributed by atoms with Gasteiger partial charge in [0.2, 0.25) is 0 Å². The summed E-state index contributed by atoms with van der Waals surface area (Å²) in [6.45, 7) is 2.12. The first-order chi connectivity index (χ1) is 14.7. The number of hydrogen-bond donors (Lipinski definition) is 1. The molecule has 1 N–H and O–H groups in total. The lowest BCUT2D eigenvalue weighted by molar-refractivity contribution is 0.102. The normalized spacial score (nSPS) is 13.4. The lowest BCUT2D eigenvalue weighted by Crippen LogP contribution is -2.11. The molecule has 0 bridgehead atoms. The Kier molecular flexibility index (Phi) is 5.63. The SMILES string of the molecule is CCSc1cccc(C(=O)Nc2sc3c(c2-c2nc4ccccc4s2)CCCC3)c1. The monoisotopic (exact) mass is 450 g/mol. The Bertz CT molecular complexity index is 1190. The molecule has 4 aromatic rings. The van der Waals surface area contributed by atoms with Crippen molar-refractivity contribution < 1.29 is 4.79 Å². The Morgan fingerprint density at radius 3 is 2.83 bits per heavy atom. The summed E-state index contributed by atoms with van der Waals surface area (Å²) in [4.78, 5) is 20.6. The Hall–Kier alpha value is -2.15. The minimum atomic E-state index is -0.0467. The van der Waals surface area contributed by atoms with E-state index < -0.39 is 0 Å². The fourth-order valence-electron chi connectivity index (χ4n) is 3.93. The van der Waals surface area contributed by atoms with E-state index in [-0.39, 0.29) is 5.91 Å². The van der Waals surface area contributed by atoms with Crippen molar-refractivity contribution >= 4 is 55.6 Å². The van der Waals surface area contributed by atoms with Crippen LogP contribution in [0.1, 0.15) is 40.6 Å². The molecule has 1 amide bonds. The van der Waals surface area contributed by atoms with Gasteiger partial charge in [0.05, 0.1) is 10.2 Å². The third-order valence-corrected chi connectivity index (χ3v) is 8.45. The van der Waals surface area contributed by atoms with Gasteiger partial charge in [-0.15, -0.1) is 34.4 Å². The van der Waals surface area contributed by atoms with Crippen molar-refractivity contribution in [3.8, 4) is 10.6 Å². The first kappa shape index (κ1) is 19.8. The van der Waals surface area contributed by atoms with E-state index in [1.807, 2.05) is 24.3 Å². The molecule has 0 unspecified atom stereocenters. The van der Waals surface area contributed by atoms with Crippen molar-refractivity contribution in [1.29, 1.82) is 0 Å². The molecule has 0 atom stereocenters. The van der Waals surface area contributed by atoms with Crippen molar-refractivity contribution in [2.75, 3.05) is 11.1 Å². The van der Waals surface area contributed by atoms with Crippen molar-refractivity contribution in [2.45, 2.75) is 37.5 Å². The number of amides is 1. The van der Waals surface area contributed by atoms with E-state index in [1.165, 1.54) is 28.0 Å². The second-order valence-corrected chi connectivity index (χ2v) is 10.8. The van der Waals surface area contributed by atoms with Gasteiger partial charge < -0.3 is 5.32 Å². The minimum absolute atomic E-state index is 0.0467. The van der Waals surface area contributed by atoms with Gasteiger partial charge in [0.15, 0.2) is 0 Å². The molecule has 0 aliphatic heterocycles. The number of thioether (sulfide) groups is 1. The summed E-state index contributed by atoms with van der Waals surface area (Å²) in [5.74, 6) is 0.944. The number of aromatic nitrogens is 1. The number of para-hydroxylation sites is 1. The first-order valence-corrected chi connectivity index (χ1v) is 12.9. The zero-order valence-corrected chi connectivity index (χ0v) is 19.2. The predicted octanol–water partition coefficient (Wildman–Crippen LogP) is 7.27. The van der Waals surface area contributed by atoms with Crippen LogP contribution in [0.3, 0.4) is 0 Å². The summed E-state index contributed by atoms with van der Waals surface area (Å²) < 4.78 is 1.19. The third-order valence-electron chi connectivity index (χ3n) is 5.31. The number of thiophene rings is 1. The van der Waals surface area contributed by atoms with Gasteiger partial charge in [0.1, 0.15) is 10.0 Å². The molecule has 1 aliphatic rings. The quantitative estimate of drug-likeness (QED) is 0.325. The number of carbonyl (C=O) groups excluding carboxylic acids is 1. The van der Waals surface area contributed by atoms with Crippen LogP contribution >= 0.6 is 34.4 Å². The number of rotatable bonds is 5. The van der Waals surface area contributed by atoms with E-state index >= 15 is 0 Å². The van der Waals surface area contributed by atoms with Crippen LogP contribution in [0.15, 0.2) is 53.4 Å². The number of thiazole rings is 1. The highest BCUT2D eigenvalue weighted by Crippen LogP contribution is 2.46. The Morgan fingerprint density at radius 2 is 1.97 bits per heavy atom. The highest BCUT2D eigenvalue weighted by molar-refractivity contribution is 7.99. The number of carbonyl (C=O) groups is 1. The molecule has 2 heterocycles. The van der Waals surface area contributed by atoms with Crippen LogP contribution in [-0.2, 0) is 12.8 Å². The van der Waals surface area contributed by atoms with Crippen LogP contribution in [0, 0.1) is 0 Å². The number of nitrogens with zero attached hydrogens (tertiary/aromatic N) is 1. The number of benzene rings is 2. The summed E-state index contributed by atoms with van der Waals surface area (Å²) in [6.07, 6.45) is 4.58. The van der Waals surface area contributed by atoms with Crippen LogP contribution in [0.5, 0.6) is 0 Å². The smallest absolute Gasteiger partial charge is 0.256 e. The summed E-state index contributed by atoms with van der Waals surface area (Å²) in [6, 6.07) is 16.1. The van der Waals surface area contributed by atoms with E-state index in [9.17, 15) is 4.79 Å².